The molecule has 3 rings (SSSR count). The Morgan fingerprint density at radius 3 is 2.42 bits per heavy atom. The van der Waals surface area contributed by atoms with Crippen LogP contribution >= 0.6 is 0 Å². The van der Waals surface area contributed by atoms with Gasteiger partial charge in [0.2, 0.25) is 17.7 Å². The predicted molar refractivity (Wildman–Crippen MR) is 129 cm³/mol. The van der Waals surface area contributed by atoms with E-state index in [4.69, 9.17) is 11.5 Å². The number of nitrogens with one attached hydrogen (secondary N) is 2. The summed E-state index contributed by atoms with van der Waals surface area (Å²) in [7, 11) is 0. The van der Waals surface area contributed by atoms with E-state index >= 15 is 0 Å². The topological polar surface area (TPSA) is 131 Å². The van der Waals surface area contributed by atoms with Crippen molar-refractivity contribution in [2.24, 2.45) is 11.5 Å². The third-order valence-corrected chi connectivity index (χ3v) is 5.96. The number of alkyl halides is 3. The van der Waals surface area contributed by atoms with Crippen LogP contribution in [-0.4, -0.2) is 53.8 Å². The fourth-order valence-corrected chi connectivity index (χ4v) is 3.93. The van der Waals surface area contributed by atoms with Crippen molar-refractivity contribution in [3.63, 3.8) is 0 Å². The molecule has 0 spiro atoms. The van der Waals surface area contributed by atoms with Gasteiger partial charge in [-0.1, -0.05) is 36.4 Å². The molecule has 11 heteroatoms. The number of aryl methyl sites for hydroxylation is 1. The van der Waals surface area contributed by atoms with E-state index in [2.05, 4.69) is 10.6 Å². The fraction of sp³-hybridized carbons (Fsp3) is 0.400. The predicted octanol–water partition coefficient (Wildman–Crippen LogP) is 2.04. The van der Waals surface area contributed by atoms with Crippen LogP contribution < -0.4 is 22.1 Å². The van der Waals surface area contributed by atoms with Crippen molar-refractivity contribution in [1.82, 2.24) is 10.2 Å². The summed E-state index contributed by atoms with van der Waals surface area (Å²) in [6.07, 6.45) is -3.56. The average Bonchev–Trinajstić information content (AvgIpc) is 3.28. The molecule has 0 aliphatic carbocycles. The molecule has 3 amide bonds. The van der Waals surface area contributed by atoms with Gasteiger partial charge in [-0.15, -0.1) is 0 Å². The zero-order chi connectivity index (χ0) is 26.3. The zero-order valence-electron chi connectivity index (χ0n) is 19.6. The SMILES string of the molecule is N[C@@H]1CCN(C(=O)C[C@H](N)C(=O)N[C@@H](CCc2ccccc2)C(=O)Nc2cccc(C(F)(F)F)c2)C1. The lowest BCUT2D eigenvalue weighted by atomic mass is 10.0. The van der Waals surface area contributed by atoms with E-state index in [0.29, 0.717) is 25.9 Å². The molecule has 0 saturated carbocycles. The Morgan fingerprint density at radius 2 is 1.78 bits per heavy atom. The van der Waals surface area contributed by atoms with E-state index < -0.39 is 35.6 Å². The fourth-order valence-electron chi connectivity index (χ4n) is 3.93. The van der Waals surface area contributed by atoms with Crippen LogP contribution in [0.25, 0.3) is 0 Å². The standard InChI is InChI=1S/C25H30F3N5O3/c26-25(27,28)17-7-4-8-19(13-17)31-24(36)21(10-9-16-5-2-1-3-6-16)32-23(35)20(30)14-22(34)33-12-11-18(29)15-33/h1-8,13,18,20-21H,9-12,14-15,29-30H2,(H,31,36)(H,32,35)/t18-,20+,21+/m1/s1. The molecular formula is C25H30F3N5O3. The number of carbonyl (C=O) groups is 3. The Bertz CT molecular complexity index is 1060. The molecule has 3 atom stereocenters. The van der Waals surface area contributed by atoms with Gasteiger partial charge >= 0.3 is 6.18 Å². The smallest absolute Gasteiger partial charge is 0.343 e. The van der Waals surface area contributed by atoms with Gasteiger partial charge in [0.1, 0.15) is 6.04 Å². The van der Waals surface area contributed by atoms with Crippen LogP contribution in [0, 0.1) is 0 Å². The van der Waals surface area contributed by atoms with Crippen molar-refractivity contribution in [2.45, 2.75) is 50.0 Å². The molecule has 1 fully saturated rings. The Hall–Kier alpha value is -3.44. The molecule has 194 valence electrons. The van der Waals surface area contributed by atoms with Gasteiger partial charge in [-0.25, -0.2) is 0 Å². The summed E-state index contributed by atoms with van der Waals surface area (Å²) in [5.74, 6) is -1.70. The zero-order valence-corrected chi connectivity index (χ0v) is 19.6. The number of nitrogens with zero attached hydrogens (tertiary/aromatic N) is 1. The first-order chi connectivity index (χ1) is 17.0. The summed E-state index contributed by atoms with van der Waals surface area (Å²) in [4.78, 5) is 39.7. The molecule has 0 radical (unpaired) electrons. The molecule has 1 heterocycles. The molecule has 2 aromatic carbocycles. The summed E-state index contributed by atoms with van der Waals surface area (Å²) in [6, 6.07) is 11.0. The lowest BCUT2D eigenvalue weighted by Crippen LogP contribution is -2.51. The molecule has 0 bridgehead atoms. The molecule has 1 aliphatic rings. The van der Waals surface area contributed by atoms with Gasteiger partial charge in [0.05, 0.1) is 18.0 Å². The van der Waals surface area contributed by atoms with Crippen LogP contribution in [0.4, 0.5) is 18.9 Å². The molecule has 8 nitrogen and oxygen atoms in total. The summed E-state index contributed by atoms with van der Waals surface area (Å²) >= 11 is 0. The summed E-state index contributed by atoms with van der Waals surface area (Å²) in [6.45, 7) is 0.889. The maximum absolute atomic E-state index is 13.0. The number of rotatable bonds is 9. The number of hydrogen-bond donors (Lipinski definition) is 4. The number of carbonyl (C=O) groups excluding carboxylic acids is 3. The van der Waals surface area contributed by atoms with Crippen molar-refractivity contribution in [3.05, 3.63) is 65.7 Å². The Kier molecular flexibility index (Phi) is 9.05. The summed E-state index contributed by atoms with van der Waals surface area (Å²) < 4.78 is 39.1. The van der Waals surface area contributed by atoms with Crippen molar-refractivity contribution < 1.29 is 27.6 Å². The third kappa shape index (κ3) is 7.79. The number of halogens is 3. The van der Waals surface area contributed by atoms with Gasteiger partial charge in [0.15, 0.2) is 0 Å². The molecule has 6 N–H and O–H groups in total. The molecule has 0 aromatic heterocycles. The maximum Gasteiger partial charge on any atom is 0.416 e. The number of nitrogens with two attached hydrogens (primary N) is 2. The van der Waals surface area contributed by atoms with Crippen molar-refractivity contribution in [3.8, 4) is 0 Å². The lowest BCUT2D eigenvalue weighted by molar-refractivity contribution is -0.137. The van der Waals surface area contributed by atoms with Gasteiger partial charge in [-0.05, 0) is 43.0 Å². The number of benzene rings is 2. The number of anilines is 1. The minimum absolute atomic E-state index is 0.0568. The number of hydrogen-bond acceptors (Lipinski definition) is 5. The minimum atomic E-state index is -4.57. The normalized spacial score (nSPS) is 17.4. The molecule has 1 saturated heterocycles. The van der Waals surface area contributed by atoms with Crippen molar-refractivity contribution in [2.75, 3.05) is 18.4 Å². The van der Waals surface area contributed by atoms with Crippen LogP contribution in [0.1, 0.15) is 30.4 Å². The van der Waals surface area contributed by atoms with Crippen LogP contribution in [-0.2, 0) is 27.0 Å². The van der Waals surface area contributed by atoms with Gasteiger partial charge in [0.25, 0.3) is 0 Å². The third-order valence-electron chi connectivity index (χ3n) is 5.96. The highest BCUT2D eigenvalue weighted by Crippen LogP contribution is 2.30. The van der Waals surface area contributed by atoms with Crippen LogP contribution in [0.3, 0.4) is 0 Å². The quantitative estimate of drug-likeness (QED) is 0.414. The first kappa shape index (κ1) is 27.2. The van der Waals surface area contributed by atoms with E-state index in [-0.39, 0.29) is 30.5 Å². The van der Waals surface area contributed by atoms with Crippen molar-refractivity contribution in [1.29, 1.82) is 0 Å². The Morgan fingerprint density at radius 1 is 1.06 bits per heavy atom. The van der Waals surface area contributed by atoms with Crippen LogP contribution in [0.5, 0.6) is 0 Å². The molecule has 0 unspecified atom stereocenters. The highest BCUT2D eigenvalue weighted by molar-refractivity contribution is 5.98. The molecule has 2 aromatic rings. The van der Waals surface area contributed by atoms with Gasteiger partial charge in [-0.2, -0.15) is 13.2 Å². The van der Waals surface area contributed by atoms with Gasteiger partial charge < -0.3 is 27.0 Å². The molecule has 36 heavy (non-hydrogen) atoms. The number of likely N-dealkylation sites (tertiary alicyclic amines) is 1. The lowest BCUT2D eigenvalue weighted by Gasteiger charge is -2.22. The average molecular weight is 506 g/mol. The molecule has 1 aliphatic heterocycles. The monoisotopic (exact) mass is 505 g/mol. The largest absolute Gasteiger partial charge is 0.416 e. The highest BCUT2D eigenvalue weighted by Gasteiger charge is 2.31. The maximum atomic E-state index is 13.0. The first-order valence-corrected chi connectivity index (χ1v) is 11.6. The highest BCUT2D eigenvalue weighted by atomic mass is 19.4. The van der Waals surface area contributed by atoms with E-state index in [1.165, 1.54) is 12.1 Å². The van der Waals surface area contributed by atoms with E-state index in [1.54, 1.807) is 4.90 Å². The van der Waals surface area contributed by atoms with E-state index in [0.717, 1.165) is 17.7 Å². The second-order valence-electron chi connectivity index (χ2n) is 8.85. The first-order valence-electron chi connectivity index (χ1n) is 11.6. The van der Waals surface area contributed by atoms with Crippen LogP contribution in [0.15, 0.2) is 54.6 Å². The Balaban J connectivity index is 1.67. The minimum Gasteiger partial charge on any atom is -0.343 e. The number of amides is 3. The molecular weight excluding hydrogens is 475 g/mol. The van der Waals surface area contributed by atoms with E-state index in [1.807, 2.05) is 30.3 Å². The van der Waals surface area contributed by atoms with E-state index in [9.17, 15) is 27.6 Å². The van der Waals surface area contributed by atoms with Crippen molar-refractivity contribution >= 4 is 23.4 Å². The van der Waals surface area contributed by atoms with Gasteiger partial charge in [0, 0.05) is 24.8 Å². The second-order valence-corrected chi connectivity index (χ2v) is 8.85. The van der Waals surface area contributed by atoms with Gasteiger partial charge in [-0.3, -0.25) is 14.4 Å². The summed E-state index contributed by atoms with van der Waals surface area (Å²) in [5, 5.41) is 5.00. The Labute approximate surface area is 207 Å². The van der Waals surface area contributed by atoms with Crippen LogP contribution in [0.2, 0.25) is 0 Å². The second kappa shape index (κ2) is 12.0. The summed E-state index contributed by atoms with van der Waals surface area (Å²) in [5.41, 5.74) is 11.7.